The van der Waals surface area contributed by atoms with Crippen molar-refractivity contribution >= 4 is 34.9 Å². The van der Waals surface area contributed by atoms with Gasteiger partial charge in [0.1, 0.15) is 0 Å². The van der Waals surface area contributed by atoms with E-state index in [0.29, 0.717) is 24.8 Å². The molecule has 0 atom stereocenters. The molecule has 0 aliphatic heterocycles. The van der Waals surface area contributed by atoms with Crippen LogP contribution in [0.15, 0.2) is 30.3 Å². The van der Waals surface area contributed by atoms with E-state index in [9.17, 15) is 4.79 Å². The Hall–Kier alpha value is -0.970. The predicted molar refractivity (Wildman–Crippen MR) is 71.6 cm³/mol. The molecule has 0 bridgehead atoms. The van der Waals surface area contributed by atoms with Crippen LogP contribution in [0.1, 0.15) is 0 Å². The molecule has 2 amide bonds. The zero-order valence-corrected chi connectivity index (χ0v) is 10.8. The summed E-state index contributed by atoms with van der Waals surface area (Å²) in [6.07, 6.45) is 0. The lowest BCUT2D eigenvalue weighted by Gasteiger charge is -2.21. The highest BCUT2D eigenvalue weighted by atomic mass is 35.5. The molecule has 2 N–H and O–H groups in total. The molecule has 0 saturated carbocycles. The highest BCUT2D eigenvalue weighted by Gasteiger charge is 2.07. The van der Waals surface area contributed by atoms with Crippen molar-refractivity contribution in [3.8, 4) is 0 Å². The summed E-state index contributed by atoms with van der Waals surface area (Å²) < 4.78 is 0. The van der Waals surface area contributed by atoms with Crippen molar-refractivity contribution in [3.63, 3.8) is 0 Å². The summed E-state index contributed by atoms with van der Waals surface area (Å²) in [4.78, 5) is 11.6. The second kappa shape index (κ2) is 8.17. The minimum absolute atomic E-state index is 0.300. The van der Waals surface area contributed by atoms with Crippen LogP contribution < -0.4 is 10.7 Å². The zero-order valence-electron chi connectivity index (χ0n) is 9.33. The maximum absolute atomic E-state index is 11.6. The van der Waals surface area contributed by atoms with Crippen molar-refractivity contribution in [2.24, 2.45) is 0 Å². The molecular weight excluding hydrogens is 261 g/mol. The van der Waals surface area contributed by atoms with Crippen LogP contribution in [0.3, 0.4) is 0 Å². The summed E-state index contributed by atoms with van der Waals surface area (Å²) in [6, 6.07) is 8.91. The topological polar surface area (TPSA) is 44.4 Å². The predicted octanol–water partition coefficient (Wildman–Crippen LogP) is 2.50. The summed E-state index contributed by atoms with van der Waals surface area (Å²) in [5, 5.41) is 4.39. The lowest BCUT2D eigenvalue weighted by atomic mass is 10.3. The molecule has 0 aliphatic carbocycles. The number of hydrogen-bond acceptors (Lipinski definition) is 2. The van der Waals surface area contributed by atoms with E-state index in [1.54, 1.807) is 5.01 Å². The average Bonchev–Trinajstić information content (AvgIpc) is 2.30. The van der Waals surface area contributed by atoms with Crippen molar-refractivity contribution in [3.05, 3.63) is 30.3 Å². The Labute approximate surface area is 111 Å². The van der Waals surface area contributed by atoms with Crippen LogP contribution >= 0.6 is 23.2 Å². The van der Waals surface area contributed by atoms with Crippen molar-refractivity contribution in [1.29, 1.82) is 0 Å². The minimum atomic E-state index is -0.300. The van der Waals surface area contributed by atoms with Gasteiger partial charge in [-0.3, -0.25) is 5.43 Å². The van der Waals surface area contributed by atoms with Gasteiger partial charge in [-0.25, -0.2) is 9.80 Å². The second-order valence-electron chi connectivity index (χ2n) is 3.30. The van der Waals surface area contributed by atoms with Gasteiger partial charge in [0.2, 0.25) is 0 Å². The number of benzene rings is 1. The largest absolute Gasteiger partial charge is 0.333 e. The fourth-order valence-electron chi connectivity index (χ4n) is 1.25. The van der Waals surface area contributed by atoms with E-state index in [1.807, 2.05) is 30.3 Å². The third kappa shape index (κ3) is 5.77. The first kappa shape index (κ1) is 14.1. The number of urea groups is 1. The first-order valence-electron chi connectivity index (χ1n) is 5.26. The number of hydrogen-bond donors (Lipinski definition) is 2. The molecule has 0 saturated heterocycles. The van der Waals surface area contributed by atoms with E-state index < -0.39 is 0 Å². The van der Waals surface area contributed by atoms with Crippen LogP contribution in [0.2, 0.25) is 0 Å². The number of carbonyl (C=O) groups is 1. The normalized spacial score (nSPS) is 10.3. The lowest BCUT2D eigenvalue weighted by Crippen LogP contribution is -2.46. The van der Waals surface area contributed by atoms with Crippen LogP contribution in [0, 0.1) is 0 Å². The third-order valence-corrected chi connectivity index (χ3v) is 2.34. The SMILES string of the molecule is O=C(Nc1ccccc1)NN(CCCl)CCCl. The first-order chi connectivity index (χ1) is 8.26. The number of rotatable bonds is 6. The van der Waals surface area contributed by atoms with Gasteiger partial charge in [0.15, 0.2) is 0 Å². The van der Waals surface area contributed by atoms with Gasteiger partial charge >= 0.3 is 6.03 Å². The molecule has 4 nitrogen and oxygen atoms in total. The van der Waals surface area contributed by atoms with E-state index in [1.165, 1.54) is 0 Å². The van der Waals surface area contributed by atoms with E-state index in [0.717, 1.165) is 5.69 Å². The molecular formula is C11H15Cl2N3O. The van der Waals surface area contributed by atoms with E-state index in [4.69, 9.17) is 23.2 Å². The summed E-state index contributed by atoms with van der Waals surface area (Å²) in [7, 11) is 0. The minimum Gasteiger partial charge on any atom is -0.307 e. The number of anilines is 1. The monoisotopic (exact) mass is 275 g/mol. The molecule has 6 heteroatoms. The Morgan fingerprint density at radius 2 is 1.71 bits per heavy atom. The van der Waals surface area contributed by atoms with E-state index in [-0.39, 0.29) is 6.03 Å². The molecule has 1 aromatic carbocycles. The van der Waals surface area contributed by atoms with Gasteiger partial charge in [0, 0.05) is 30.5 Å². The number of para-hydroxylation sites is 1. The maximum Gasteiger partial charge on any atom is 0.333 e. The van der Waals surface area contributed by atoms with E-state index >= 15 is 0 Å². The molecule has 0 spiro atoms. The smallest absolute Gasteiger partial charge is 0.307 e. The van der Waals surface area contributed by atoms with Gasteiger partial charge in [0.05, 0.1) is 0 Å². The standard InChI is InChI=1S/C11H15Cl2N3O/c12-6-8-16(9-7-13)15-11(17)14-10-4-2-1-3-5-10/h1-5H,6-9H2,(H2,14,15,17). The Balaban J connectivity index is 2.42. The fraction of sp³-hybridized carbons (Fsp3) is 0.364. The Morgan fingerprint density at radius 3 is 2.24 bits per heavy atom. The number of amides is 2. The quantitative estimate of drug-likeness (QED) is 0.619. The average molecular weight is 276 g/mol. The van der Waals surface area contributed by atoms with Gasteiger partial charge in [0.25, 0.3) is 0 Å². The molecule has 94 valence electrons. The van der Waals surface area contributed by atoms with E-state index in [2.05, 4.69) is 10.7 Å². The Bertz CT molecular complexity index is 329. The molecule has 0 aliphatic rings. The van der Waals surface area contributed by atoms with Crippen LogP contribution in [-0.4, -0.2) is 35.9 Å². The highest BCUT2D eigenvalue weighted by molar-refractivity contribution is 6.18. The summed E-state index contributed by atoms with van der Waals surface area (Å²) in [5.41, 5.74) is 3.42. The molecule has 0 radical (unpaired) electrons. The molecule has 0 unspecified atom stereocenters. The number of carbonyl (C=O) groups excluding carboxylic acids is 1. The summed E-state index contributed by atoms with van der Waals surface area (Å²) in [6.45, 7) is 1.10. The van der Waals surface area contributed by atoms with Gasteiger partial charge in [-0.1, -0.05) is 18.2 Å². The molecule has 0 heterocycles. The maximum atomic E-state index is 11.6. The number of alkyl halides is 2. The molecule has 1 rings (SSSR count). The van der Waals surface area contributed by atoms with Crippen molar-refractivity contribution in [2.75, 3.05) is 30.2 Å². The number of nitrogens with one attached hydrogen (secondary N) is 2. The van der Waals surface area contributed by atoms with Crippen LogP contribution in [-0.2, 0) is 0 Å². The van der Waals surface area contributed by atoms with Crippen LogP contribution in [0.5, 0.6) is 0 Å². The summed E-state index contributed by atoms with van der Waals surface area (Å²) >= 11 is 11.2. The van der Waals surface area contributed by atoms with Crippen molar-refractivity contribution in [2.45, 2.75) is 0 Å². The number of nitrogens with zero attached hydrogens (tertiary/aromatic N) is 1. The van der Waals surface area contributed by atoms with Gasteiger partial charge in [-0.15, -0.1) is 23.2 Å². The molecule has 1 aromatic rings. The van der Waals surface area contributed by atoms with Crippen molar-refractivity contribution < 1.29 is 4.79 Å². The zero-order chi connectivity index (χ0) is 12.5. The van der Waals surface area contributed by atoms with Gasteiger partial charge in [-0.2, -0.15) is 0 Å². The molecule has 17 heavy (non-hydrogen) atoms. The summed E-state index contributed by atoms with van der Waals surface area (Å²) in [5.74, 6) is 0.866. The van der Waals surface area contributed by atoms with Gasteiger partial charge in [-0.05, 0) is 12.1 Å². The number of hydrazine groups is 1. The fourth-order valence-corrected chi connectivity index (χ4v) is 1.66. The Morgan fingerprint density at radius 1 is 1.12 bits per heavy atom. The Kier molecular flexibility index (Phi) is 6.77. The van der Waals surface area contributed by atoms with Crippen molar-refractivity contribution in [1.82, 2.24) is 10.4 Å². The second-order valence-corrected chi connectivity index (χ2v) is 4.05. The molecule has 0 fully saturated rings. The van der Waals surface area contributed by atoms with Crippen LogP contribution in [0.4, 0.5) is 10.5 Å². The first-order valence-corrected chi connectivity index (χ1v) is 6.32. The van der Waals surface area contributed by atoms with Gasteiger partial charge < -0.3 is 5.32 Å². The lowest BCUT2D eigenvalue weighted by molar-refractivity contribution is 0.198. The highest BCUT2D eigenvalue weighted by Crippen LogP contribution is 2.04. The van der Waals surface area contributed by atoms with Crippen LogP contribution in [0.25, 0.3) is 0 Å². The number of halogens is 2. The third-order valence-electron chi connectivity index (χ3n) is 2.00. The molecule has 0 aromatic heterocycles.